The molecular weight excluding hydrogens is 254 g/mol. The molecule has 2 aromatic rings. The molecule has 0 aliphatic carbocycles. The van der Waals surface area contributed by atoms with E-state index in [0.29, 0.717) is 11.5 Å². The summed E-state index contributed by atoms with van der Waals surface area (Å²) in [5.74, 6) is 3.70. The lowest BCUT2D eigenvalue weighted by Crippen LogP contribution is -2.61. The molecule has 2 atom stereocenters. The summed E-state index contributed by atoms with van der Waals surface area (Å²) >= 11 is 0. The van der Waals surface area contributed by atoms with Crippen LogP contribution in [0.1, 0.15) is 11.8 Å². The summed E-state index contributed by atoms with van der Waals surface area (Å²) < 4.78 is 11.1. The second-order valence-corrected chi connectivity index (χ2v) is 4.48. The number of rotatable bonds is 4. The predicted octanol–water partition coefficient (Wildman–Crippen LogP) is 2.24. The van der Waals surface area contributed by atoms with Crippen LogP contribution in [0.5, 0.6) is 5.75 Å². The molecule has 1 aromatic carbocycles. The van der Waals surface area contributed by atoms with Gasteiger partial charge in [0.25, 0.3) is 5.91 Å². The van der Waals surface area contributed by atoms with Gasteiger partial charge in [-0.3, -0.25) is 4.79 Å². The number of hydrogen-bond donors (Lipinski definition) is 0. The lowest BCUT2D eigenvalue weighted by Gasteiger charge is -2.44. The molecule has 1 fully saturated rings. The van der Waals surface area contributed by atoms with Gasteiger partial charge in [0.2, 0.25) is 6.10 Å². The Balaban J connectivity index is 1.83. The molecule has 100 valence electrons. The molecule has 4 nitrogen and oxygen atoms in total. The van der Waals surface area contributed by atoms with Crippen LogP contribution in [0.15, 0.2) is 53.1 Å². The fourth-order valence-electron chi connectivity index (χ4n) is 2.31. The van der Waals surface area contributed by atoms with Crippen molar-refractivity contribution in [2.45, 2.75) is 12.1 Å². The number of para-hydroxylation sites is 1. The first-order valence-corrected chi connectivity index (χ1v) is 6.30. The lowest BCUT2D eigenvalue weighted by molar-refractivity contribution is -0.164. The van der Waals surface area contributed by atoms with Crippen molar-refractivity contribution in [3.8, 4) is 18.1 Å². The highest BCUT2D eigenvalue weighted by atomic mass is 16.5. The Hall–Kier alpha value is -2.67. The van der Waals surface area contributed by atoms with Crippen LogP contribution in [0.25, 0.3) is 0 Å². The van der Waals surface area contributed by atoms with Gasteiger partial charge in [0, 0.05) is 0 Å². The predicted molar refractivity (Wildman–Crippen MR) is 72.9 cm³/mol. The van der Waals surface area contributed by atoms with Gasteiger partial charge in [0.1, 0.15) is 17.6 Å². The molecule has 1 aromatic heterocycles. The highest BCUT2D eigenvalue weighted by molar-refractivity contribution is 5.89. The van der Waals surface area contributed by atoms with E-state index in [0.717, 1.165) is 0 Å². The maximum Gasteiger partial charge on any atom is 0.267 e. The third-order valence-corrected chi connectivity index (χ3v) is 3.25. The third-order valence-electron chi connectivity index (χ3n) is 3.25. The van der Waals surface area contributed by atoms with Crippen LogP contribution < -0.4 is 4.74 Å². The van der Waals surface area contributed by atoms with Crippen molar-refractivity contribution < 1.29 is 13.9 Å². The van der Waals surface area contributed by atoms with Crippen molar-refractivity contribution >= 4 is 5.91 Å². The van der Waals surface area contributed by atoms with Gasteiger partial charge < -0.3 is 14.1 Å². The first-order valence-electron chi connectivity index (χ1n) is 6.30. The minimum Gasteiger partial charge on any atom is -0.478 e. The number of furan rings is 1. The largest absolute Gasteiger partial charge is 0.478 e. The first-order chi connectivity index (χ1) is 9.81. The Labute approximate surface area is 117 Å². The number of carbonyl (C=O) groups is 1. The number of amides is 1. The van der Waals surface area contributed by atoms with Crippen molar-refractivity contribution in [1.29, 1.82) is 0 Å². The van der Waals surface area contributed by atoms with E-state index in [1.807, 2.05) is 36.4 Å². The van der Waals surface area contributed by atoms with Crippen LogP contribution in [-0.4, -0.2) is 23.5 Å². The zero-order valence-corrected chi connectivity index (χ0v) is 10.7. The molecule has 1 amide bonds. The number of terminal acetylenes is 1. The van der Waals surface area contributed by atoms with E-state index < -0.39 is 6.10 Å². The normalized spacial score (nSPS) is 21.1. The molecule has 0 radical (unpaired) electrons. The second-order valence-electron chi connectivity index (χ2n) is 4.48. The Kier molecular flexibility index (Phi) is 3.18. The summed E-state index contributed by atoms with van der Waals surface area (Å²) in [6.45, 7) is 0.249. The van der Waals surface area contributed by atoms with Crippen LogP contribution in [-0.2, 0) is 4.79 Å². The summed E-state index contributed by atoms with van der Waals surface area (Å²) in [6, 6.07) is 12.6. The van der Waals surface area contributed by atoms with Gasteiger partial charge in [-0.2, -0.15) is 0 Å². The number of carbonyl (C=O) groups excluding carboxylic acids is 1. The van der Waals surface area contributed by atoms with Gasteiger partial charge in [-0.1, -0.05) is 24.1 Å². The molecule has 0 spiro atoms. The van der Waals surface area contributed by atoms with Crippen molar-refractivity contribution in [3.63, 3.8) is 0 Å². The van der Waals surface area contributed by atoms with Crippen molar-refractivity contribution in [3.05, 3.63) is 54.5 Å². The van der Waals surface area contributed by atoms with E-state index in [1.165, 1.54) is 0 Å². The van der Waals surface area contributed by atoms with E-state index in [2.05, 4.69) is 5.92 Å². The maximum atomic E-state index is 12.1. The van der Waals surface area contributed by atoms with E-state index in [9.17, 15) is 4.79 Å². The van der Waals surface area contributed by atoms with Gasteiger partial charge in [0.05, 0.1) is 12.8 Å². The number of β-lactam (4-membered cyclic amide) rings is 1. The minimum atomic E-state index is -0.586. The van der Waals surface area contributed by atoms with Crippen LogP contribution in [0.4, 0.5) is 0 Å². The van der Waals surface area contributed by atoms with Gasteiger partial charge in [-0.25, -0.2) is 0 Å². The number of hydrogen-bond acceptors (Lipinski definition) is 3. The maximum absolute atomic E-state index is 12.1. The Morgan fingerprint density at radius 2 is 2.05 bits per heavy atom. The number of nitrogens with zero attached hydrogens (tertiary/aromatic N) is 1. The number of ether oxygens (including phenoxy) is 1. The molecular formula is C16H13NO3. The topological polar surface area (TPSA) is 42.7 Å². The molecule has 2 heterocycles. The standard InChI is InChI=1S/C16H13NO3/c1-2-10-17-14(13-9-6-11-19-13)15(16(17)18)20-12-7-4-3-5-8-12/h1,3-9,11,14-15H,10H2/t14-,15-/m0/s1. The summed E-state index contributed by atoms with van der Waals surface area (Å²) in [4.78, 5) is 13.7. The van der Waals surface area contributed by atoms with E-state index in [1.54, 1.807) is 17.2 Å². The van der Waals surface area contributed by atoms with Crippen LogP contribution in [0.3, 0.4) is 0 Å². The molecule has 0 unspecified atom stereocenters. The SMILES string of the molecule is C#CCN1C(=O)[C@@H](Oc2ccccc2)[C@@H]1c1ccco1. The zero-order chi connectivity index (χ0) is 13.9. The summed E-state index contributed by atoms with van der Waals surface area (Å²) in [5.41, 5.74) is 0. The fourth-order valence-corrected chi connectivity index (χ4v) is 2.31. The van der Waals surface area contributed by atoms with Crippen LogP contribution in [0, 0.1) is 12.3 Å². The highest BCUT2D eigenvalue weighted by Gasteiger charge is 2.51. The van der Waals surface area contributed by atoms with Crippen LogP contribution >= 0.6 is 0 Å². The summed E-state index contributed by atoms with van der Waals surface area (Å²) in [7, 11) is 0. The molecule has 0 N–H and O–H groups in total. The van der Waals surface area contributed by atoms with Crippen molar-refractivity contribution in [2.24, 2.45) is 0 Å². The van der Waals surface area contributed by atoms with Crippen molar-refractivity contribution in [1.82, 2.24) is 4.90 Å². The Morgan fingerprint density at radius 3 is 2.70 bits per heavy atom. The molecule has 0 saturated carbocycles. The van der Waals surface area contributed by atoms with Gasteiger partial charge in [0.15, 0.2) is 0 Å². The van der Waals surface area contributed by atoms with E-state index >= 15 is 0 Å². The first kappa shape index (κ1) is 12.4. The molecule has 1 aliphatic rings. The molecule has 4 heteroatoms. The molecule has 1 saturated heterocycles. The fraction of sp³-hybridized carbons (Fsp3) is 0.188. The minimum absolute atomic E-state index is 0.117. The van der Waals surface area contributed by atoms with E-state index in [-0.39, 0.29) is 18.5 Å². The average Bonchev–Trinajstić information content (AvgIpc) is 3.00. The van der Waals surface area contributed by atoms with Gasteiger partial charge >= 0.3 is 0 Å². The lowest BCUT2D eigenvalue weighted by atomic mass is 9.95. The Morgan fingerprint density at radius 1 is 1.25 bits per heavy atom. The molecule has 20 heavy (non-hydrogen) atoms. The molecule has 3 rings (SSSR count). The number of benzene rings is 1. The van der Waals surface area contributed by atoms with Gasteiger partial charge in [-0.05, 0) is 24.3 Å². The van der Waals surface area contributed by atoms with Crippen molar-refractivity contribution in [2.75, 3.05) is 6.54 Å². The zero-order valence-electron chi connectivity index (χ0n) is 10.7. The van der Waals surface area contributed by atoms with E-state index in [4.69, 9.17) is 15.6 Å². The smallest absolute Gasteiger partial charge is 0.267 e. The highest BCUT2D eigenvalue weighted by Crippen LogP contribution is 2.37. The monoisotopic (exact) mass is 267 g/mol. The third kappa shape index (κ3) is 2.04. The summed E-state index contributed by atoms with van der Waals surface area (Å²) in [6.07, 6.45) is 6.29. The average molecular weight is 267 g/mol. The Bertz CT molecular complexity index is 627. The summed E-state index contributed by atoms with van der Waals surface area (Å²) in [5, 5.41) is 0. The molecule has 1 aliphatic heterocycles. The van der Waals surface area contributed by atoms with Gasteiger partial charge in [-0.15, -0.1) is 6.42 Å². The number of likely N-dealkylation sites (tertiary alicyclic amines) is 1. The quantitative estimate of drug-likeness (QED) is 0.630. The van der Waals surface area contributed by atoms with Crippen LogP contribution in [0.2, 0.25) is 0 Å². The second kappa shape index (κ2) is 5.14. The molecule has 0 bridgehead atoms.